The zero-order valence-electron chi connectivity index (χ0n) is 10.1. The van der Waals surface area contributed by atoms with Crippen molar-refractivity contribution < 1.29 is 4.79 Å². The van der Waals surface area contributed by atoms with Gasteiger partial charge in [0.05, 0.1) is 16.8 Å². The Labute approximate surface area is 105 Å². The van der Waals surface area contributed by atoms with Crippen LogP contribution in [0.3, 0.4) is 0 Å². The van der Waals surface area contributed by atoms with Gasteiger partial charge in [-0.2, -0.15) is 0 Å². The Bertz CT molecular complexity index is 488. The number of aromatic nitrogens is 2. The van der Waals surface area contributed by atoms with Crippen molar-refractivity contribution in [3.8, 4) is 0 Å². The average molecular weight is 248 g/mol. The minimum atomic E-state index is 0.145. The lowest BCUT2D eigenvalue weighted by Crippen LogP contribution is -2.12. The van der Waals surface area contributed by atoms with Crippen molar-refractivity contribution in [1.82, 2.24) is 9.97 Å². The number of fused-ring (bicyclic) bond motifs is 1. The average Bonchev–Trinajstić information content (AvgIpc) is 2.77. The van der Waals surface area contributed by atoms with Gasteiger partial charge in [0.15, 0.2) is 5.16 Å². The van der Waals surface area contributed by atoms with Crippen LogP contribution in [-0.2, 0) is 4.79 Å². The molecule has 3 nitrogen and oxygen atoms in total. The molecule has 1 atom stereocenters. The van der Waals surface area contributed by atoms with E-state index >= 15 is 0 Å². The van der Waals surface area contributed by atoms with Crippen LogP contribution in [0.5, 0.6) is 0 Å². The highest BCUT2D eigenvalue weighted by Crippen LogP contribution is 2.20. The number of carbonyl (C=O) groups excluding carboxylic acids is 1. The number of hydrogen-bond donors (Lipinski definition) is 1. The van der Waals surface area contributed by atoms with E-state index in [1.807, 2.05) is 38.1 Å². The molecule has 2 rings (SSSR count). The summed E-state index contributed by atoms with van der Waals surface area (Å²) in [4.78, 5) is 19.3. The first-order valence-corrected chi connectivity index (χ1v) is 6.79. The van der Waals surface area contributed by atoms with E-state index in [9.17, 15) is 4.79 Å². The van der Waals surface area contributed by atoms with Crippen LogP contribution in [0.25, 0.3) is 11.0 Å². The van der Waals surface area contributed by atoms with Gasteiger partial charge in [0.25, 0.3) is 0 Å². The lowest BCUT2D eigenvalue weighted by molar-refractivity contribution is -0.119. The first-order chi connectivity index (χ1) is 8.20. The molecule has 0 aliphatic heterocycles. The summed E-state index contributed by atoms with van der Waals surface area (Å²) < 4.78 is 0. The number of nitrogens with one attached hydrogen (secondary N) is 1. The molecule has 1 unspecified atom stereocenters. The quantitative estimate of drug-likeness (QED) is 0.826. The highest BCUT2D eigenvalue weighted by molar-refractivity contribution is 7.99. The van der Waals surface area contributed by atoms with E-state index in [0.29, 0.717) is 5.75 Å². The first-order valence-electron chi connectivity index (χ1n) is 5.81. The maximum atomic E-state index is 11.7. The monoisotopic (exact) mass is 248 g/mol. The molecule has 0 saturated heterocycles. The van der Waals surface area contributed by atoms with Crippen LogP contribution in [0.15, 0.2) is 29.4 Å². The van der Waals surface area contributed by atoms with Crippen molar-refractivity contribution in [2.24, 2.45) is 5.92 Å². The van der Waals surface area contributed by atoms with Crippen molar-refractivity contribution in [3.05, 3.63) is 24.3 Å². The second kappa shape index (κ2) is 5.36. The summed E-state index contributed by atoms with van der Waals surface area (Å²) in [6.45, 7) is 4.01. The van der Waals surface area contributed by atoms with E-state index in [1.165, 1.54) is 11.8 Å². The van der Waals surface area contributed by atoms with Gasteiger partial charge in [0, 0.05) is 5.92 Å². The Balaban J connectivity index is 2.02. The van der Waals surface area contributed by atoms with E-state index in [0.717, 1.165) is 22.6 Å². The fourth-order valence-electron chi connectivity index (χ4n) is 1.51. The van der Waals surface area contributed by atoms with Crippen molar-refractivity contribution in [2.45, 2.75) is 25.4 Å². The highest BCUT2D eigenvalue weighted by Gasteiger charge is 2.12. The Morgan fingerprint density at radius 3 is 2.94 bits per heavy atom. The minimum Gasteiger partial charge on any atom is -0.333 e. The maximum Gasteiger partial charge on any atom is 0.166 e. The highest BCUT2D eigenvalue weighted by atomic mass is 32.2. The smallest absolute Gasteiger partial charge is 0.166 e. The number of benzene rings is 1. The van der Waals surface area contributed by atoms with Crippen LogP contribution >= 0.6 is 11.8 Å². The number of aromatic amines is 1. The summed E-state index contributed by atoms with van der Waals surface area (Å²) >= 11 is 1.48. The molecule has 2 aromatic rings. The molecule has 1 N–H and O–H groups in total. The van der Waals surface area contributed by atoms with Crippen LogP contribution in [0, 0.1) is 5.92 Å². The van der Waals surface area contributed by atoms with E-state index in [4.69, 9.17) is 0 Å². The molecule has 0 bridgehead atoms. The van der Waals surface area contributed by atoms with Crippen molar-refractivity contribution in [2.75, 3.05) is 5.75 Å². The van der Waals surface area contributed by atoms with Crippen LogP contribution < -0.4 is 0 Å². The van der Waals surface area contributed by atoms with Crippen molar-refractivity contribution in [1.29, 1.82) is 0 Å². The molecule has 1 aromatic heterocycles. The fraction of sp³-hybridized carbons (Fsp3) is 0.385. The van der Waals surface area contributed by atoms with Gasteiger partial charge in [-0.25, -0.2) is 4.98 Å². The van der Waals surface area contributed by atoms with E-state index in [-0.39, 0.29) is 11.7 Å². The molecule has 0 saturated carbocycles. The number of carbonyl (C=O) groups is 1. The number of rotatable bonds is 5. The minimum absolute atomic E-state index is 0.145. The van der Waals surface area contributed by atoms with Crippen molar-refractivity contribution >= 4 is 28.6 Å². The molecule has 4 heteroatoms. The van der Waals surface area contributed by atoms with Gasteiger partial charge >= 0.3 is 0 Å². The normalized spacial score (nSPS) is 12.8. The van der Waals surface area contributed by atoms with Crippen LogP contribution in [0.4, 0.5) is 0 Å². The largest absolute Gasteiger partial charge is 0.333 e. The molecule has 0 fully saturated rings. The van der Waals surface area contributed by atoms with Gasteiger partial charge in [-0.3, -0.25) is 4.79 Å². The number of H-pyrrole nitrogens is 1. The molecule has 90 valence electrons. The van der Waals surface area contributed by atoms with Crippen LogP contribution in [0.1, 0.15) is 20.3 Å². The number of imidazole rings is 1. The Morgan fingerprint density at radius 1 is 1.47 bits per heavy atom. The lowest BCUT2D eigenvalue weighted by atomic mass is 10.1. The Morgan fingerprint density at radius 2 is 2.24 bits per heavy atom. The SMILES string of the molecule is CCC(C)C(=O)CSc1nc2ccccc2[nH]1. The van der Waals surface area contributed by atoms with Gasteiger partial charge in [-0.1, -0.05) is 37.7 Å². The zero-order chi connectivity index (χ0) is 12.3. The summed E-state index contributed by atoms with van der Waals surface area (Å²) in [6.07, 6.45) is 0.902. The third-order valence-electron chi connectivity index (χ3n) is 2.88. The topological polar surface area (TPSA) is 45.8 Å². The zero-order valence-corrected chi connectivity index (χ0v) is 10.9. The second-order valence-corrected chi connectivity index (χ2v) is 5.09. The van der Waals surface area contributed by atoms with E-state index in [2.05, 4.69) is 9.97 Å². The van der Waals surface area contributed by atoms with Gasteiger partial charge in [0.2, 0.25) is 0 Å². The molecular formula is C13H16N2OS. The maximum absolute atomic E-state index is 11.7. The molecule has 17 heavy (non-hydrogen) atoms. The summed E-state index contributed by atoms with van der Waals surface area (Å²) in [5.41, 5.74) is 1.97. The number of thioether (sulfide) groups is 1. The predicted octanol–water partition coefficient (Wildman–Crippen LogP) is 3.27. The molecule has 0 aliphatic rings. The third kappa shape index (κ3) is 2.88. The number of hydrogen-bond acceptors (Lipinski definition) is 3. The number of ketones is 1. The van der Waals surface area contributed by atoms with Crippen LogP contribution in [0.2, 0.25) is 0 Å². The summed E-state index contributed by atoms with van der Waals surface area (Å²) in [7, 11) is 0. The van der Waals surface area contributed by atoms with Gasteiger partial charge in [-0.05, 0) is 18.6 Å². The first kappa shape index (κ1) is 12.2. The van der Waals surface area contributed by atoms with Gasteiger partial charge in [0.1, 0.15) is 5.78 Å². The third-order valence-corrected chi connectivity index (χ3v) is 3.78. The van der Waals surface area contributed by atoms with Crippen molar-refractivity contribution in [3.63, 3.8) is 0 Å². The molecule has 0 aliphatic carbocycles. The van der Waals surface area contributed by atoms with Crippen LogP contribution in [-0.4, -0.2) is 21.5 Å². The second-order valence-electron chi connectivity index (χ2n) is 4.12. The Hall–Kier alpha value is -1.29. The number of Topliss-reactive ketones (excluding diaryl/α,β-unsaturated/α-hetero) is 1. The van der Waals surface area contributed by atoms with Gasteiger partial charge in [-0.15, -0.1) is 0 Å². The Kier molecular flexibility index (Phi) is 3.84. The molecular weight excluding hydrogens is 232 g/mol. The van der Waals surface area contributed by atoms with E-state index in [1.54, 1.807) is 0 Å². The number of para-hydroxylation sites is 2. The summed E-state index contributed by atoms with van der Waals surface area (Å²) in [5.74, 6) is 0.930. The molecule has 1 heterocycles. The lowest BCUT2D eigenvalue weighted by Gasteiger charge is -2.04. The summed E-state index contributed by atoms with van der Waals surface area (Å²) in [6, 6.07) is 7.89. The summed E-state index contributed by atoms with van der Waals surface area (Å²) in [5, 5.41) is 0.822. The predicted molar refractivity (Wildman–Crippen MR) is 71.3 cm³/mol. The number of nitrogens with zero attached hydrogens (tertiary/aromatic N) is 1. The standard InChI is InChI=1S/C13H16N2OS/c1-3-9(2)12(16)8-17-13-14-10-6-4-5-7-11(10)15-13/h4-7,9H,3,8H2,1-2H3,(H,14,15). The van der Waals surface area contributed by atoms with E-state index < -0.39 is 0 Å². The molecule has 0 amide bonds. The fourth-order valence-corrected chi connectivity index (χ4v) is 2.42. The molecule has 0 spiro atoms. The van der Waals surface area contributed by atoms with Gasteiger partial charge < -0.3 is 4.98 Å². The molecule has 1 aromatic carbocycles. The molecule has 0 radical (unpaired) electrons.